The number of ether oxygens (including phenoxy) is 7. The third-order valence-electron chi connectivity index (χ3n) is 25.9. The van der Waals surface area contributed by atoms with Crippen molar-refractivity contribution in [3.63, 3.8) is 0 Å². The normalized spacial score (nSPS) is 14.9. The number of carbonyl (C=O) groups excluding carboxylic acids is 6. The number of unbranched alkanes of at least 4 members (excludes halogenated alkanes) is 29. The van der Waals surface area contributed by atoms with Crippen LogP contribution in [-0.4, -0.2) is 131 Å². The number of hydrogen-bond donors (Lipinski definition) is 0. The summed E-state index contributed by atoms with van der Waals surface area (Å²) in [5.74, 6) is 3.15. The summed E-state index contributed by atoms with van der Waals surface area (Å²) in [6.45, 7) is 27.4. The van der Waals surface area contributed by atoms with Crippen LogP contribution in [0.25, 0.3) is 0 Å². The summed E-state index contributed by atoms with van der Waals surface area (Å²) in [5.41, 5.74) is 0. The molecular formula is C101H190N2O13. The summed E-state index contributed by atoms with van der Waals surface area (Å²) in [6, 6.07) is 0. The predicted molar refractivity (Wildman–Crippen MR) is 483 cm³/mol. The van der Waals surface area contributed by atoms with Crippen molar-refractivity contribution in [2.45, 2.75) is 492 Å². The molecule has 0 bridgehead atoms. The molecule has 2 fully saturated rings. The van der Waals surface area contributed by atoms with Crippen LogP contribution in [-0.2, 0) is 57.1 Å². The largest absolute Gasteiger partial charge is 0.508 e. The van der Waals surface area contributed by atoms with Gasteiger partial charge in [0.1, 0.15) is 12.7 Å². The van der Waals surface area contributed by atoms with Gasteiger partial charge in [-0.1, -0.05) is 325 Å². The van der Waals surface area contributed by atoms with Crippen molar-refractivity contribution in [3.8, 4) is 0 Å². The van der Waals surface area contributed by atoms with E-state index in [1.165, 1.54) is 212 Å². The van der Waals surface area contributed by atoms with Crippen LogP contribution in [0.2, 0.25) is 0 Å². The van der Waals surface area contributed by atoms with Gasteiger partial charge in [-0.2, -0.15) is 0 Å². The first kappa shape index (κ1) is 109. The van der Waals surface area contributed by atoms with Gasteiger partial charge in [-0.25, -0.2) is 4.79 Å². The van der Waals surface area contributed by atoms with Crippen molar-refractivity contribution in [1.29, 1.82) is 0 Å². The highest BCUT2D eigenvalue weighted by molar-refractivity contribution is 5.72. The molecular weight excluding hydrogens is 1450 g/mol. The van der Waals surface area contributed by atoms with E-state index in [4.69, 9.17) is 33.2 Å². The van der Waals surface area contributed by atoms with E-state index in [0.29, 0.717) is 101 Å². The molecule has 682 valence electrons. The van der Waals surface area contributed by atoms with E-state index in [1.807, 2.05) is 0 Å². The minimum Gasteiger partial charge on any atom is -0.466 e. The standard InChI is InChI=1S/C101H190N2O13/c1-9-17-36-56-88(57-37-18-10-2)71-82-110-96(104)67-46-32-24-28-42-62-92(100(108)114-81-54-79-102-75-50-51-76-102)63-43-29-25-33-47-69-98(106)112-84-73-90(60-40-21-13-5)87-93(55-16-8)95(66-23-15-7)91(61-41-22-14-6)74-85-113-99(107)70-49-35-27-31-45-65-94(116-101(109)115-86-80-103-77-52-53-78-103)64-44-30-26-34-48-68-97(105)111-83-72-89(58-38-19-11-3)59-39-20-12-4/h88-95H,9-87H2,1-8H3. The van der Waals surface area contributed by atoms with Crippen LogP contribution < -0.4 is 0 Å². The second-order valence-corrected chi connectivity index (χ2v) is 36.3. The molecule has 6 unspecified atom stereocenters. The van der Waals surface area contributed by atoms with Crippen LogP contribution in [0.15, 0.2) is 0 Å². The van der Waals surface area contributed by atoms with Crippen LogP contribution in [0.5, 0.6) is 0 Å². The second-order valence-electron chi connectivity index (χ2n) is 36.3. The van der Waals surface area contributed by atoms with E-state index >= 15 is 0 Å². The van der Waals surface area contributed by atoms with Crippen LogP contribution in [0.1, 0.15) is 486 Å². The Morgan fingerprint density at radius 1 is 0.259 bits per heavy atom. The average molecular weight is 1640 g/mol. The third kappa shape index (κ3) is 63.5. The van der Waals surface area contributed by atoms with Gasteiger partial charge in [-0.05, 0) is 197 Å². The summed E-state index contributed by atoms with van der Waals surface area (Å²) >= 11 is 0. The lowest BCUT2D eigenvalue weighted by molar-refractivity contribution is -0.149. The number of carbonyl (C=O) groups is 6. The molecule has 2 rings (SSSR count). The first-order valence-corrected chi connectivity index (χ1v) is 50.9. The Kier molecular flexibility index (Phi) is 74.9. The highest BCUT2D eigenvalue weighted by Gasteiger charge is 2.32. The maximum atomic E-state index is 13.6. The Balaban J connectivity index is 1.86. The van der Waals surface area contributed by atoms with Crippen molar-refractivity contribution in [1.82, 2.24) is 9.80 Å². The van der Waals surface area contributed by atoms with Gasteiger partial charge in [-0.3, -0.25) is 28.9 Å². The van der Waals surface area contributed by atoms with Gasteiger partial charge in [0.15, 0.2) is 0 Å². The van der Waals surface area contributed by atoms with Crippen molar-refractivity contribution < 1.29 is 61.9 Å². The molecule has 0 amide bonds. The summed E-state index contributed by atoms with van der Waals surface area (Å²) in [6.07, 6.45) is 70.6. The Hall–Kier alpha value is -3.46. The first-order valence-electron chi connectivity index (χ1n) is 50.9. The second kappa shape index (κ2) is 80.0. The molecule has 2 saturated heterocycles. The fraction of sp³-hybridized carbons (Fsp3) is 0.941. The molecule has 0 spiro atoms. The molecule has 2 heterocycles. The summed E-state index contributed by atoms with van der Waals surface area (Å²) in [4.78, 5) is 83.4. The van der Waals surface area contributed by atoms with Gasteiger partial charge in [0.05, 0.1) is 39.0 Å². The van der Waals surface area contributed by atoms with Crippen LogP contribution in [0.3, 0.4) is 0 Å². The topological polar surface area (TPSA) is 174 Å². The van der Waals surface area contributed by atoms with Crippen LogP contribution >= 0.6 is 0 Å². The minimum atomic E-state index is -0.554. The van der Waals surface area contributed by atoms with Crippen molar-refractivity contribution >= 4 is 36.0 Å². The van der Waals surface area contributed by atoms with E-state index in [9.17, 15) is 28.8 Å². The molecule has 6 atom stereocenters. The van der Waals surface area contributed by atoms with E-state index < -0.39 is 6.16 Å². The number of nitrogens with zero attached hydrogens (tertiary/aromatic N) is 2. The monoisotopic (exact) mass is 1640 g/mol. The fourth-order valence-corrected chi connectivity index (χ4v) is 18.5. The molecule has 2 aliphatic rings. The Bertz CT molecular complexity index is 2220. The summed E-state index contributed by atoms with van der Waals surface area (Å²) in [5, 5.41) is 0. The zero-order valence-corrected chi connectivity index (χ0v) is 77.7. The molecule has 0 N–H and O–H groups in total. The van der Waals surface area contributed by atoms with Crippen LogP contribution in [0.4, 0.5) is 4.79 Å². The highest BCUT2D eigenvalue weighted by atomic mass is 16.7. The molecule has 15 nitrogen and oxygen atoms in total. The molecule has 0 radical (unpaired) electrons. The Morgan fingerprint density at radius 2 is 0.603 bits per heavy atom. The Labute approximate surface area is 716 Å². The smallest absolute Gasteiger partial charge is 0.466 e. The summed E-state index contributed by atoms with van der Waals surface area (Å²) < 4.78 is 41.1. The predicted octanol–water partition coefficient (Wildman–Crippen LogP) is 28.5. The maximum absolute atomic E-state index is 13.6. The van der Waals surface area contributed by atoms with Gasteiger partial charge < -0.3 is 38.1 Å². The molecule has 116 heavy (non-hydrogen) atoms. The number of rotatable bonds is 86. The van der Waals surface area contributed by atoms with E-state index in [-0.39, 0.29) is 41.9 Å². The lowest BCUT2D eigenvalue weighted by Crippen LogP contribution is -2.28. The number of likely N-dealkylation sites (tertiary alicyclic amines) is 2. The molecule has 15 heteroatoms. The van der Waals surface area contributed by atoms with Gasteiger partial charge in [0.25, 0.3) is 0 Å². The van der Waals surface area contributed by atoms with Gasteiger partial charge in [-0.15, -0.1) is 0 Å². The Morgan fingerprint density at radius 3 is 1.01 bits per heavy atom. The van der Waals surface area contributed by atoms with Crippen molar-refractivity contribution in [3.05, 3.63) is 0 Å². The zero-order chi connectivity index (χ0) is 84.0. The van der Waals surface area contributed by atoms with Gasteiger partial charge in [0, 0.05) is 38.8 Å². The number of esters is 5. The molecule has 0 saturated carbocycles. The van der Waals surface area contributed by atoms with E-state index in [1.54, 1.807) is 0 Å². The average Bonchev–Trinajstić information content (AvgIpc) is 1.12. The molecule has 2 aliphatic heterocycles. The maximum Gasteiger partial charge on any atom is 0.508 e. The minimum absolute atomic E-state index is 0.0290. The fourth-order valence-electron chi connectivity index (χ4n) is 18.5. The van der Waals surface area contributed by atoms with E-state index in [0.717, 1.165) is 232 Å². The highest BCUT2D eigenvalue weighted by Crippen LogP contribution is 2.41. The van der Waals surface area contributed by atoms with Crippen molar-refractivity contribution in [2.75, 3.05) is 78.9 Å². The zero-order valence-electron chi connectivity index (χ0n) is 77.7. The summed E-state index contributed by atoms with van der Waals surface area (Å²) in [7, 11) is 0. The lowest BCUT2D eigenvalue weighted by Gasteiger charge is -2.36. The lowest BCUT2D eigenvalue weighted by atomic mass is 9.69. The molecule has 0 aromatic heterocycles. The third-order valence-corrected chi connectivity index (χ3v) is 25.9. The van der Waals surface area contributed by atoms with Crippen molar-refractivity contribution in [2.24, 2.45) is 41.4 Å². The molecule has 0 aromatic rings. The first-order chi connectivity index (χ1) is 56.8. The van der Waals surface area contributed by atoms with Gasteiger partial charge >= 0.3 is 36.0 Å². The van der Waals surface area contributed by atoms with E-state index in [2.05, 4.69) is 65.2 Å². The van der Waals surface area contributed by atoms with Crippen LogP contribution in [0, 0.1) is 41.4 Å². The molecule has 0 aromatic carbocycles. The quantitative estimate of drug-likeness (QED) is 0.0319. The SMILES string of the molecule is CCCCCC(CCCCC)CCOC(=O)CCCCCCCC(CCCCCCCC(=O)OCCC(CCCCC)C(CCCC)C(CCC)CC(CCCCC)CCOC(=O)CCCCCCCC(CCCCCCCC(=O)OCCC(CCCCC)CCCCC)C(=O)OCCCN1CCCC1)OC(=O)OCCN1CCCC1. The number of hydrogen-bond acceptors (Lipinski definition) is 15. The van der Waals surface area contributed by atoms with Gasteiger partial charge in [0.2, 0.25) is 0 Å². The molecule has 0 aliphatic carbocycles.